The van der Waals surface area contributed by atoms with E-state index in [9.17, 15) is 18.0 Å². The number of benzene rings is 1. The molecule has 0 spiro atoms. The lowest BCUT2D eigenvalue weighted by Crippen LogP contribution is -2.54. The molecule has 0 bridgehead atoms. The summed E-state index contributed by atoms with van der Waals surface area (Å²) < 4.78 is 28.6. The molecule has 1 aromatic carbocycles. The minimum atomic E-state index is -3.89. The van der Waals surface area contributed by atoms with Gasteiger partial charge in [0.25, 0.3) is 5.91 Å². The minimum Gasteiger partial charge on any atom is -0.331 e. The Morgan fingerprint density at radius 1 is 1.17 bits per heavy atom. The highest BCUT2D eigenvalue weighted by molar-refractivity contribution is 7.89. The second-order valence-electron chi connectivity index (χ2n) is 10.8. The Balaban J connectivity index is 1.32. The summed E-state index contributed by atoms with van der Waals surface area (Å²) >= 11 is 1.38. The van der Waals surface area contributed by atoms with Gasteiger partial charge >= 0.3 is 0 Å². The first-order valence-corrected chi connectivity index (χ1v) is 16.1. The van der Waals surface area contributed by atoms with Crippen LogP contribution in [0.1, 0.15) is 48.3 Å². The van der Waals surface area contributed by atoms with Gasteiger partial charge in [0.05, 0.1) is 27.1 Å². The number of sulfonamides is 1. The molecule has 3 aliphatic rings. The van der Waals surface area contributed by atoms with Gasteiger partial charge in [0.2, 0.25) is 15.9 Å². The average molecular weight is 596 g/mol. The molecule has 1 saturated heterocycles. The maximum absolute atomic E-state index is 13.4. The van der Waals surface area contributed by atoms with Gasteiger partial charge in [0.1, 0.15) is 11.6 Å². The second-order valence-corrected chi connectivity index (χ2v) is 13.7. The summed E-state index contributed by atoms with van der Waals surface area (Å²) in [5, 5.41) is 6.99. The van der Waals surface area contributed by atoms with Crippen molar-refractivity contribution in [2.45, 2.75) is 57.1 Å². The van der Waals surface area contributed by atoms with E-state index >= 15 is 0 Å². The Morgan fingerprint density at radius 3 is 2.68 bits per heavy atom. The standard InChI is InChI=1S/C28H33N7O4S2/c1-15-25(40-28(31-15)33-22-6-5-7-23(32-22)34-11-10-30-16(2)26(34)36)19-12-20-14-35(17(3)18-8-9-18)27(37)24(20)21(13-19)41(38,39)29-4/h5-7,12-13,16-18,29-30H,8-11,14H2,1-4H3,(H,31,32,33)/t16-,17?/m1/s1. The van der Waals surface area contributed by atoms with Gasteiger partial charge in [-0.25, -0.2) is 23.1 Å². The summed E-state index contributed by atoms with van der Waals surface area (Å²) in [5.41, 5.74) is 2.38. The monoisotopic (exact) mass is 595 g/mol. The number of amides is 2. The lowest BCUT2D eigenvalue weighted by Gasteiger charge is -2.30. The molecule has 41 heavy (non-hydrogen) atoms. The summed E-state index contributed by atoms with van der Waals surface area (Å²) in [5.74, 6) is 1.32. The number of nitrogens with zero attached hydrogens (tertiary/aromatic N) is 4. The largest absolute Gasteiger partial charge is 0.331 e. The predicted octanol–water partition coefficient (Wildman–Crippen LogP) is 3.24. The van der Waals surface area contributed by atoms with E-state index in [0.717, 1.165) is 23.4 Å². The van der Waals surface area contributed by atoms with Crippen LogP contribution in [0.2, 0.25) is 0 Å². The highest BCUT2D eigenvalue weighted by Gasteiger charge is 2.41. The third-order valence-electron chi connectivity index (χ3n) is 8.08. The number of nitrogens with one attached hydrogen (secondary N) is 3. The minimum absolute atomic E-state index is 0.00501. The molecule has 2 amide bonds. The number of thiazole rings is 1. The van der Waals surface area contributed by atoms with Crippen LogP contribution in [0.15, 0.2) is 35.2 Å². The molecule has 3 aromatic rings. The van der Waals surface area contributed by atoms with Crippen molar-refractivity contribution in [2.24, 2.45) is 5.92 Å². The summed E-state index contributed by atoms with van der Waals surface area (Å²) in [7, 11) is -2.54. The van der Waals surface area contributed by atoms with Gasteiger partial charge in [0.15, 0.2) is 5.13 Å². The molecule has 2 atom stereocenters. The zero-order valence-corrected chi connectivity index (χ0v) is 25.0. The summed E-state index contributed by atoms with van der Waals surface area (Å²) in [4.78, 5) is 39.7. The highest BCUT2D eigenvalue weighted by atomic mass is 32.2. The van der Waals surface area contributed by atoms with E-state index in [-0.39, 0.29) is 34.4 Å². The van der Waals surface area contributed by atoms with Crippen molar-refractivity contribution in [3.8, 4) is 10.4 Å². The van der Waals surface area contributed by atoms with Crippen molar-refractivity contribution in [3.63, 3.8) is 0 Å². The molecular formula is C28H33N7O4S2. The van der Waals surface area contributed by atoms with Gasteiger partial charge in [0, 0.05) is 25.7 Å². The van der Waals surface area contributed by atoms with Gasteiger partial charge in [-0.05, 0) is 82.0 Å². The smallest absolute Gasteiger partial charge is 0.256 e. The molecule has 1 unspecified atom stereocenters. The van der Waals surface area contributed by atoms with E-state index in [0.29, 0.717) is 53.4 Å². The molecule has 0 radical (unpaired) electrons. The van der Waals surface area contributed by atoms with Crippen LogP contribution in [-0.2, 0) is 21.4 Å². The van der Waals surface area contributed by atoms with Crippen LogP contribution in [0, 0.1) is 12.8 Å². The molecule has 216 valence electrons. The molecule has 2 aliphatic heterocycles. The second kappa shape index (κ2) is 10.5. The number of pyridine rings is 1. The van der Waals surface area contributed by atoms with Crippen molar-refractivity contribution >= 4 is 49.9 Å². The normalized spacial score (nSPS) is 20.0. The van der Waals surface area contributed by atoms with E-state index in [1.165, 1.54) is 18.4 Å². The number of hydrogen-bond donors (Lipinski definition) is 3. The molecule has 2 fully saturated rings. The number of rotatable bonds is 8. The predicted molar refractivity (Wildman–Crippen MR) is 158 cm³/mol. The Kier molecular flexibility index (Phi) is 7.09. The fraction of sp³-hybridized carbons (Fsp3) is 0.429. The average Bonchev–Trinajstić information content (AvgIpc) is 3.67. The third kappa shape index (κ3) is 5.11. The SMILES string of the molecule is CNS(=O)(=O)c1cc(-c2sc(Nc3cccc(N4CCN[C@H](C)C4=O)n3)nc2C)cc2c1C(=O)N(C(C)C1CC1)C2. The first-order chi connectivity index (χ1) is 19.6. The first kappa shape index (κ1) is 27.8. The van der Waals surface area contributed by atoms with Crippen LogP contribution in [0.25, 0.3) is 10.4 Å². The lowest BCUT2D eigenvalue weighted by molar-refractivity contribution is -0.121. The van der Waals surface area contributed by atoms with E-state index in [2.05, 4.69) is 25.3 Å². The van der Waals surface area contributed by atoms with E-state index in [4.69, 9.17) is 0 Å². The lowest BCUT2D eigenvalue weighted by atomic mass is 10.0. The van der Waals surface area contributed by atoms with Crippen LogP contribution in [-0.4, -0.2) is 67.3 Å². The molecule has 2 aromatic heterocycles. The number of aryl methyl sites for hydroxylation is 1. The first-order valence-electron chi connectivity index (χ1n) is 13.8. The number of fused-ring (bicyclic) bond motifs is 1. The van der Waals surface area contributed by atoms with Crippen LogP contribution in [0.3, 0.4) is 0 Å². The number of aromatic nitrogens is 2. The van der Waals surface area contributed by atoms with Crippen LogP contribution >= 0.6 is 11.3 Å². The summed E-state index contributed by atoms with van der Waals surface area (Å²) in [6.45, 7) is 7.36. The van der Waals surface area contributed by atoms with Crippen molar-refractivity contribution in [3.05, 3.63) is 47.2 Å². The fourth-order valence-corrected chi connectivity index (χ4v) is 7.53. The highest BCUT2D eigenvalue weighted by Crippen LogP contribution is 2.42. The molecule has 6 rings (SSSR count). The van der Waals surface area contributed by atoms with Crippen molar-refractivity contribution in [1.29, 1.82) is 0 Å². The maximum Gasteiger partial charge on any atom is 0.256 e. The van der Waals surface area contributed by atoms with Gasteiger partial charge in [-0.15, -0.1) is 0 Å². The maximum atomic E-state index is 13.4. The topological polar surface area (TPSA) is 137 Å². The van der Waals surface area contributed by atoms with Gasteiger partial charge < -0.3 is 15.5 Å². The third-order valence-corrected chi connectivity index (χ3v) is 10.6. The summed E-state index contributed by atoms with van der Waals surface area (Å²) in [6, 6.07) is 8.75. The zero-order chi connectivity index (χ0) is 29.1. The number of hydrogen-bond acceptors (Lipinski definition) is 9. The molecule has 1 saturated carbocycles. The molecule has 11 nitrogen and oxygen atoms in total. The van der Waals surface area contributed by atoms with E-state index in [1.54, 1.807) is 15.9 Å². The quantitative estimate of drug-likeness (QED) is 0.361. The van der Waals surface area contributed by atoms with Gasteiger partial charge in [-0.1, -0.05) is 17.4 Å². The number of anilines is 3. The van der Waals surface area contributed by atoms with Gasteiger partial charge in [-0.3, -0.25) is 14.5 Å². The van der Waals surface area contributed by atoms with Crippen LogP contribution < -0.4 is 20.3 Å². The zero-order valence-electron chi connectivity index (χ0n) is 23.4. The fourth-order valence-electron chi connectivity index (χ4n) is 5.58. The number of carbonyl (C=O) groups is 2. The Morgan fingerprint density at radius 2 is 1.95 bits per heavy atom. The van der Waals surface area contributed by atoms with E-state index in [1.807, 2.05) is 45.0 Å². The van der Waals surface area contributed by atoms with Crippen LogP contribution in [0.5, 0.6) is 0 Å². The van der Waals surface area contributed by atoms with Crippen molar-refractivity contribution in [1.82, 2.24) is 24.9 Å². The van der Waals surface area contributed by atoms with E-state index < -0.39 is 10.0 Å². The molecule has 13 heteroatoms. The number of piperazine rings is 1. The Bertz CT molecular complexity index is 1650. The van der Waals surface area contributed by atoms with Crippen molar-refractivity contribution < 1.29 is 18.0 Å². The van der Waals surface area contributed by atoms with Crippen molar-refractivity contribution in [2.75, 3.05) is 30.4 Å². The van der Waals surface area contributed by atoms with Crippen LogP contribution in [0.4, 0.5) is 16.8 Å². The number of carbonyl (C=O) groups excluding carboxylic acids is 2. The molecule has 4 heterocycles. The molecular weight excluding hydrogens is 562 g/mol. The Labute approximate surface area is 243 Å². The van der Waals surface area contributed by atoms with Gasteiger partial charge in [-0.2, -0.15) is 0 Å². The Hall–Kier alpha value is -3.39. The molecule has 3 N–H and O–H groups in total. The summed E-state index contributed by atoms with van der Waals surface area (Å²) in [6.07, 6.45) is 2.18. The molecule has 1 aliphatic carbocycles.